The summed E-state index contributed by atoms with van der Waals surface area (Å²) in [5.74, 6) is 1.54. The van der Waals surface area contributed by atoms with Gasteiger partial charge in [-0.3, -0.25) is 4.79 Å². The highest BCUT2D eigenvalue weighted by atomic mass is 32.2. The molecular formula is C20H19N3O2S. The molecule has 3 aromatic rings. The Morgan fingerprint density at radius 1 is 0.962 bits per heavy atom. The molecule has 1 aromatic heterocycles. The lowest BCUT2D eigenvalue weighted by molar-refractivity contribution is -0.113. The van der Waals surface area contributed by atoms with E-state index in [-0.39, 0.29) is 11.7 Å². The quantitative estimate of drug-likeness (QED) is 0.510. The number of ether oxygens (including phenoxy) is 1. The zero-order valence-electron chi connectivity index (χ0n) is 14.6. The second-order valence-electron chi connectivity index (χ2n) is 5.71. The number of thioether (sulfide) groups is 1. The third-order valence-corrected chi connectivity index (χ3v) is 4.24. The summed E-state index contributed by atoms with van der Waals surface area (Å²) >= 11 is 1.32. The van der Waals surface area contributed by atoms with Gasteiger partial charge in [-0.05, 0) is 44.2 Å². The molecule has 6 heteroatoms. The molecule has 3 rings (SSSR count). The van der Waals surface area contributed by atoms with Crippen LogP contribution in [0.25, 0.3) is 0 Å². The first-order valence-corrected chi connectivity index (χ1v) is 9.15. The Labute approximate surface area is 156 Å². The number of hydrogen-bond donors (Lipinski definition) is 1. The molecule has 132 valence electrons. The van der Waals surface area contributed by atoms with Crippen LogP contribution in [0.2, 0.25) is 0 Å². The molecule has 0 saturated carbocycles. The lowest BCUT2D eigenvalue weighted by Gasteiger charge is -2.09. The molecule has 1 N–H and O–H groups in total. The van der Waals surface area contributed by atoms with Crippen molar-refractivity contribution >= 4 is 23.4 Å². The van der Waals surface area contributed by atoms with Gasteiger partial charge in [0.2, 0.25) is 5.91 Å². The minimum absolute atomic E-state index is 0.116. The molecule has 0 bridgehead atoms. The fourth-order valence-electron chi connectivity index (χ4n) is 2.35. The molecule has 0 saturated heterocycles. The first-order valence-electron chi connectivity index (χ1n) is 8.16. The number of carbonyl (C=O) groups excluding carboxylic acids is 1. The van der Waals surface area contributed by atoms with Gasteiger partial charge in [0.15, 0.2) is 5.16 Å². The number of aryl methyl sites for hydroxylation is 2. The number of benzene rings is 2. The molecule has 0 aliphatic carbocycles. The first-order chi connectivity index (χ1) is 12.6. The minimum atomic E-state index is -0.116. The summed E-state index contributed by atoms with van der Waals surface area (Å²) in [7, 11) is 0. The van der Waals surface area contributed by atoms with Crippen LogP contribution in [-0.2, 0) is 4.79 Å². The van der Waals surface area contributed by atoms with Crippen molar-refractivity contribution in [1.82, 2.24) is 9.97 Å². The van der Waals surface area contributed by atoms with Crippen LogP contribution in [0.4, 0.5) is 5.69 Å². The second-order valence-corrected chi connectivity index (χ2v) is 6.66. The van der Waals surface area contributed by atoms with E-state index in [0.29, 0.717) is 16.6 Å². The summed E-state index contributed by atoms with van der Waals surface area (Å²) < 4.78 is 5.78. The normalized spacial score (nSPS) is 10.4. The van der Waals surface area contributed by atoms with Crippen LogP contribution in [0.5, 0.6) is 11.5 Å². The third-order valence-electron chi connectivity index (χ3n) is 3.39. The Morgan fingerprint density at radius 3 is 2.38 bits per heavy atom. The van der Waals surface area contributed by atoms with E-state index < -0.39 is 0 Å². The van der Waals surface area contributed by atoms with E-state index in [1.54, 1.807) is 6.07 Å². The SMILES string of the molecule is Cc1cc(C)nc(SCC(=O)Nc2cccc(Oc3ccccc3)c2)n1. The van der Waals surface area contributed by atoms with Gasteiger partial charge in [-0.1, -0.05) is 36.0 Å². The van der Waals surface area contributed by atoms with Crippen LogP contribution in [-0.4, -0.2) is 21.6 Å². The number of nitrogens with zero attached hydrogens (tertiary/aromatic N) is 2. The highest BCUT2D eigenvalue weighted by molar-refractivity contribution is 7.99. The van der Waals surface area contributed by atoms with Crippen molar-refractivity contribution in [3.05, 3.63) is 72.1 Å². The smallest absolute Gasteiger partial charge is 0.234 e. The highest BCUT2D eigenvalue weighted by Crippen LogP contribution is 2.24. The maximum Gasteiger partial charge on any atom is 0.234 e. The maximum absolute atomic E-state index is 12.2. The molecule has 2 aromatic carbocycles. The Hall–Kier alpha value is -2.86. The number of carbonyl (C=O) groups is 1. The summed E-state index contributed by atoms with van der Waals surface area (Å²) in [6.45, 7) is 3.83. The van der Waals surface area contributed by atoms with E-state index in [9.17, 15) is 4.79 Å². The number of para-hydroxylation sites is 1. The van der Waals surface area contributed by atoms with Crippen LogP contribution in [0, 0.1) is 13.8 Å². The molecule has 0 aliphatic rings. The molecule has 0 aliphatic heterocycles. The molecule has 0 radical (unpaired) electrons. The zero-order valence-corrected chi connectivity index (χ0v) is 15.4. The van der Waals surface area contributed by atoms with E-state index in [4.69, 9.17) is 4.74 Å². The highest BCUT2D eigenvalue weighted by Gasteiger charge is 2.07. The molecular weight excluding hydrogens is 346 g/mol. The van der Waals surface area contributed by atoms with Gasteiger partial charge in [-0.2, -0.15) is 0 Å². The van der Waals surface area contributed by atoms with Gasteiger partial charge in [0.25, 0.3) is 0 Å². The van der Waals surface area contributed by atoms with Crippen molar-refractivity contribution in [2.75, 3.05) is 11.1 Å². The van der Waals surface area contributed by atoms with E-state index in [1.165, 1.54) is 11.8 Å². The molecule has 0 spiro atoms. The molecule has 26 heavy (non-hydrogen) atoms. The number of amides is 1. The summed E-state index contributed by atoms with van der Waals surface area (Å²) in [5.41, 5.74) is 2.47. The second kappa shape index (κ2) is 8.49. The van der Waals surface area contributed by atoms with Gasteiger partial charge in [0, 0.05) is 23.1 Å². The molecule has 0 fully saturated rings. The van der Waals surface area contributed by atoms with Crippen LogP contribution >= 0.6 is 11.8 Å². The van der Waals surface area contributed by atoms with Crippen molar-refractivity contribution in [3.8, 4) is 11.5 Å². The molecule has 1 heterocycles. The Kier molecular flexibility index (Phi) is 5.86. The van der Waals surface area contributed by atoms with E-state index in [0.717, 1.165) is 17.1 Å². The topological polar surface area (TPSA) is 64.1 Å². The summed E-state index contributed by atoms with van der Waals surface area (Å²) in [6, 6.07) is 18.7. The standard InChI is InChI=1S/C20H19N3O2S/c1-14-11-15(2)22-20(21-14)26-13-19(24)23-16-7-6-10-18(12-16)25-17-8-4-3-5-9-17/h3-12H,13H2,1-2H3,(H,23,24). The van der Waals surface area contributed by atoms with E-state index in [2.05, 4.69) is 15.3 Å². The fraction of sp³-hybridized carbons (Fsp3) is 0.150. The molecule has 0 unspecified atom stereocenters. The summed E-state index contributed by atoms with van der Waals surface area (Å²) in [4.78, 5) is 20.8. The van der Waals surface area contributed by atoms with Gasteiger partial charge >= 0.3 is 0 Å². The van der Waals surface area contributed by atoms with Crippen molar-refractivity contribution in [1.29, 1.82) is 0 Å². The van der Waals surface area contributed by atoms with Crippen LogP contribution in [0.15, 0.2) is 65.8 Å². The van der Waals surface area contributed by atoms with Crippen LogP contribution in [0.1, 0.15) is 11.4 Å². The number of aromatic nitrogens is 2. The largest absolute Gasteiger partial charge is 0.457 e. The zero-order chi connectivity index (χ0) is 18.4. The Balaban J connectivity index is 1.58. The van der Waals surface area contributed by atoms with Gasteiger partial charge in [-0.25, -0.2) is 9.97 Å². The summed E-state index contributed by atoms with van der Waals surface area (Å²) in [6.07, 6.45) is 0. The lowest BCUT2D eigenvalue weighted by atomic mass is 10.3. The Morgan fingerprint density at radius 2 is 1.65 bits per heavy atom. The van der Waals surface area contributed by atoms with Gasteiger partial charge in [0.1, 0.15) is 11.5 Å². The average Bonchev–Trinajstić information content (AvgIpc) is 2.60. The number of rotatable bonds is 6. The Bertz CT molecular complexity index is 880. The summed E-state index contributed by atoms with van der Waals surface area (Å²) in [5, 5.41) is 3.48. The van der Waals surface area contributed by atoms with Gasteiger partial charge in [0.05, 0.1) is 5.75 Å². The first kappa shape index (κ1) is 17.9. The third kappa shape index (κ3) is 5.32. The molecule has 1 amide bonds. The minimum Gasteiger partial charge on any atom is -0.457 e. The van der Waals surface area contributed by atoms with Crippen LogP contribution < -0.4 is 10.1 Å². The van der Waals surface area contributed by atoms with Crippen molar-refractivity contribution < 1.29 is 9.53 Å². The predicted molar refractivity (Wildman–Crippen MR) is 104 cm³/mol. The predicted octanol–water partition coefficient (Wildman–Crippen LogP) is 4.62. The van der Waals surface area contributed by atoms with Crippen molar-refractivity contribution in [3.63, 3.8) is 0 Å². The fourth-order valence-corrected chi connectivity index (χ4v) is 3.10. The van der Waals surface area contributed by atoms with Gasteiger partial charge in [-0.15, -0.1) is 0 Å². The van der Waals surface area contributed by atoms with Gasteiger partial charge < -0.3 is 10.1 Å². The number of nitrogens with one attached hydrogen (secondary N) is 1. The van der Waals surface area contributed by atoms with E-state index >= 15 is 0 Å². The molecule has 0 atom stereocenters. The monoisotopic (exact) mass is 365 g/mol. The van der Waals surface area contributed by atoms with E-state index in [1.807, 2.05) is 68.4 Å². The van der Waals surface area contributed by atoms with Crippen molar-refractivity contribution in [2.24, 2.45) is 0 Å². The van der Waals surface area contributed by atoms with Crippen LogP contribution in [0.3, 0.4) is 0 Å². The van der Waals surface area contributed by atoms with Crippen molar-refractivity contribution in [2.45, 2.75) is 19.0 Å². The number of hydrogen-bond acceptors (Lipinski definition) is 5. The number of anilines is 1. The molecule has 5 nitrogen and oxygen atoms in total. The lowest BCUT2D eigenvalue weighted by Crippen LogP contribution is -2.14. The average molecular weight is 365 g/mol. The maximum atomic E-state index is 12.2.